The van der Waals surface area contributed by atoms with E-state index in [9.17, 15) is 23.6 Å². The average molecular weight is 612 g/mol. The van der Waals surface area contributed by atoms with Gasteiger partial charge in [-0.1, -0.05) is 37.3 Å². The van der Waals surface area contributed by atoms with Crippen LogP contribution in [0.1, 0.15) is 88.1 Å². The molecule has 0 spiro atoms. The van der Waals surface area contributed by atoms with E-state index in [1.165, 1.54) is 12.1 Å². The SMILES string of the molecule is CCC(NC(=O)OC(C)(C)C)C1CCC(C=O)CC1.CN1CC[C@H](c2ccccc2)C1C(=O)Nc1ccc(C(=O)O)cc1F. The lowest BCUT2D eigenvalue weighted by Crippen LogP contribution is -2.43. The summed E-state index contributed by atoms with van der Waals surface area (Å²) in [5, 5.41) is 14.5. The number of rotatable bonds is 8. The average Bonchev–Trinajstić information content (AvgIpc) is 3.38. The summed E-state index contributed by atoms with van der Waals surface area (Å²) in [6.07, 6.45) is 6.39. The number of hydrogen-bond acceptors (Lipinski definition) is 6. The first kappa shape index (κ1) is 34.7. The maximum atomic E-state index is 14.1. The van der Waals surface area contributed by atoms with Crippen molar-refractivity contribution in [1.82, 2.24) is 10.2 Å². The minimum Gasteiger partial charge on any atom is -0.478 e. The van der Waals surface area contributed by atoms with E-state index in [-0.39, 0.29) is 41.1 Å². The molecule has 3 N–H and O–H groups in total. The molecule has 1 saturated carbocycles. The van der Waals surface area contributed by atoms with Crippen LogP contribution in [-0.2, 0) is 14.3 Å². The highest BCUT2D eigenvalue weighted by molar-refractivity contribution is 5.96. The molecule has 2 aromatic carbocycles. The third kappa shape index (κ3) is 9.87. The molecule has 1 saturated heterocycles. The highest BCUT2D eigenvalue weighted by Gasteiger charge is 2.38. The van der Waals surface area contributed by atoms with Crippen LogP contribution in [0.2, 0.25) is 0 Å². The van der Waals surface area contributed by atoms with E-state index in [1.54, 1.807) is 0 Å². The summed E-state index contributed by atoms with van der Waals surface area (Å²) in [6.45, 7) is 8.44. The minimum absolute atomic E-state index is 0.0119. The van der Waals surface area contributed by atoms with Crippen LogP contribution in [0, 0.1) is 17.7 Å². The number of anilines is 1. The van der Waals surface area contributed by atoms with Crippen molar-refractivity contribution in [2.45, 2.75) is 89.8 Å². The molecule has 1 heterocycles. The second kappa shape index (κ2) is 15.8. The van der Waals surface area contributed by atoms with Gasteiger partial charge in [0.15, 0.2) is 0 Å². The van der Waals surface area contributed by atoms with Gasteiger partial charge in [-0.3, -0.25) is 9.69 Å². The van der Waals surface area contributed by atoms with Gasteiger partial charge in [0, 0.05) is 17.9 Å². The van der Waals surface area contributed by atoms with E-state index in [2.05, 4.69) is 17.6 Å². The van der Waals surface area contributed by atoms with Crippen molar-refractivity contribution in [2.75, 3.05) is 18.9 Å². The largest absolute Gasteiger partial charge is 0.478 e. The van der Waals surface area contributed by atoms with E-state index in [0.29, 0.717) is 5.92 Å². The standard InChI is InChI=1S/C19H19FN2O3.C15H27NO3/c1-22-10-9-14(12-5-3-2-4-6-12)17(22)18(23)21-16-8-7-13(19(24)25)11-15(16)20;1-5-13(16-14(18)19-15(2,3)4)12-8-6-11(10-17)7-9-12/h2-8,11,14,17H,9-10H2,1H3,(H,21,23)(H,24,25);10-13H,5-9H2,1-4H3,(H,16,18)/t14-,17?;/m1./s1. The molecule has 2 aliphatic rings. The van der Waals surface area contributed by atoms with Gasteiger partial charge in [-0.05, 0) is 103 Å². The Hall–Kier alpha value is -3.79. The predicted molar refractivity (Wildman–Crippen MR) is 167 cm³/mol. The molecule has 1 aliphatic heterocycles. The van der Waals surface area contributed by atoms with Crippen LogP contribution in [0.4, 0.5) is 14.9 Å². The topological polar surface area (TPSA) is 125 Å². The summed E-state index contributed by atoms with van der Waals surface area (Å²) in [5.41, 5.74) is 0.448. The summed E-state index contributed by atoms with van der Waals surface area (Å²) in [5.74, 6) is -1.55. The van der Waals surface area contributed by atoms with Crippen molar-refractivity contribution in [1.29, 1.82) is 0 Å². The summed E-state index contributed by atoms with van der Waals surface area (Å²) in [6, 6.07) is 13.0. The maximum Gasteiger partial charge on any atom is 0.407 e. The normalized spacial score (nSPS) is 22.6. The summed E-state index contributed by atoms with van der Waals surface area (Å²) in [4.78, 5) is 48.1. The van der Waals surface area contributed by atoms with Gasteiger partial charge in [0.05, 0.1) is 17.3 Å². The number of nitrogens with one attached hydrogen (secondary N) is 2. The Morgan fingerprint density at radius 1 is 1.07 bits per heavy atom. The van der Waals surface area contributed by atoms with Gasteiger partial charge in [-0.15, -0.1) is 0 Å². The van der Waals surface area contributed by atoms with Crippen LogP contribution < -0.4 is 10.6 Å². The molecule has 9 nitrogen and oxygen atoms in total. The maximum absolute atomic E-state index is 14.1. The number of likely N-dealkylation sites (N-methyl/N-ethyl adjacent to an activating group) is 1. The van der Waals surface area contributed by atoms with Gasteiger partial charge in [0.2, 0.25) is 5.91 Å². The fourth-order valence-corrected chi connectivity index (χ4v) is 6.03. The van der Waals surface area contributed by atoms with Gasteiger partial charge >= 0.3 is 12.1 Å². The number of aromatic carboxylic acids is 1. The highest BCUT2D eigenvalue weighted by Crippen LogP contribution is 2.34. The van der Waals surface area contributed by atoms with Crippen molar-refractivity contribution >= 4 is 29.9 Å². The number of amides is 2. The van der Waals surface area contributed by atoms with E-state index in [0.717, 1.165) is 63.0 Å². The Kier molecular flexibility index (Phi) is 12.5. The number of aldehydes is 1. The van der Waals surface area contributed by atoms with Gasteiger partial charge in [-0.2, -0.15) is 0 Å². The fraction of sp³-hybridized carbons (Fsp3) is 0.529. The molecule has 1 aliphatic carbocycles. The Morgan fingerprint density at radius 2 is 1.73 bits per heavy atom. The summed E-state index contributed by atoms with van der Waals surface area (Å²) in [7, 11) is 1.87. The third-order valence-electron chi connectivity index (χ3n) is 8.34. The molecule has 2 amide bonds. The first-order chi connectivity index (χ1) is 20.8. The van der Waals surface area contributed by atoms with Crippen LogP contribution in [0.3, 0.4) is 0 Å². The molecule has 0 bridgehead atoms. The van der Waals surface area contributed by atoms with Crippen LogP contribution in [0.5, 0.6) is 0 Å². The van der Waals surface area contributed by atoms with Crippen molar-refractivity contribution in [3.05, 3.63) is 65.5 Å². The zero-order valence-electron chi connectivity index (χ0n) is 26.3. The predicted octanol–water partition coefficient (Wildman–Crippen LogP) is 6.25. The summed E-state index contributed by atoms with van der Waals surface area (Å²) >= 11 is 0. The van der Waals surface area contributed by atoms with E-state index < -0.39 is 23.4 Å². The first-order valence-electron chi connectivity index (χ1n) is 15.4. The molecule has 44 heavy (non-hydrogen) atoms. The van der Waals surface area contributed by atoms with Crippen molar-refractivity contribution in [2.24, 2.45) is 11.8 Å². The monoisotopic (exact) mass is 611 g/mol. The minimum atomic E-state index is -1.21. The van der Waals surface area contributed by atoms with Crippen molar-refractivity contribution < 1.29 is 33.4 Å². The van der Waals surface area contributed by atoms with Gasteiger partial charge < -0.3 is 25.3 Å². The van der Waals surface area contributed by atoms with E-state index >= 15 is 0 Å². The molecule has 0 aromatic heterocycles. The number of nitrogens with zero attached hydrogens (tertiary/aromatic N) is 1. The zero-order valence-corrected chi connectivity index (χ0v) is 26.3. The second-order valence-electron chi connectivity index (χ2n) is 12.7. The molecule has 2 aromatic rings. The molecule has 4 rings (SSSR count). The molecule has 10 heteroatoms. The molecule has 0 radical (unpaired) electrons. The van der Waals surface area contributed by atoms with E-state index in [1.807, 2.05) is 63.1 Å². The smallest absolute Gasteiger partial charge is 0.407 e. The molecule has 2 fully saturated rings. The number of carboxylic acids is 1. The zero-order chi connectivity index (χ0) is 32.4. The van der Waals surface area contributed by atoms with Crippen LogP contribution in [0.15, 0.2) is 48.5 Å². The van der Waals surface area contributed by atoms with Crippen molar-refractivity contribution in [3.8, 4) is 0 Å². The molecule has 2 unspecified atom stereocenters. The molecule has 3 atom stereocenters. The second-order valence-corrected chi connectivity index (χ2v) is 12.7. The molecular weight excluding hydrogens is 565 g/mol. The number of ether oxygens (including phenoxy) is 1. The third-order valence-corrected chi connectivity index (χ3v) is 8.34. The number of carbonyl (C=O) groups is 4. The number of benzene rings is 2. The Bertz CT molecular complexity index is 1270. The number of alkyl carbamates (subject to hydrolysis) is 1. The Labute approximate surface area is 259 Å². The van der Waals surface area contributed by atoms with Gasteiger partial charge in [0.1, 0.15) is 17.7 Å². The number of hydrogen-bond donors (Lipinski definition) is 3. The fourth-order valence-electron chi connectivity index (χ4n) is 6.03. The number of carbonyl (C=O) groups excluding carboxylic acids is 3. The van der Waals surface area contributed by atoms with Crippen LogP contribution in [0.25, 0.3) is 0 Å². The summed E-state index contributed by atoms with van der Waals surface area (Å²) < 4.78 is 19.4. The lowest BCUT2D eigenvalue weighted by Gasteiger charge is -2.32. The molecular formula is C34H46FN3O6. The van der Waals surface area contributed by atoms with E-state index in [4.69, 9.17) is 9.84 Å². The van der Waals surface area contributed by atoms with Crippen LogP contribution in [-0.4, -0.2) is 65.5 Å². The Balaban J connectivity index is 0.000000251. The number of carboxylic acid groups (broad SMARTS) is 1. The van der Waals surface area contributed by atoms with Crippen LogP contribution >= 0.6 is 0 Å². The highest BCUT2D eigenvalue weighted by atomic mass is 19.1. The lowest BCUT2D eigenvalue weighted by atomic mass is 9.78. The van der Waals surface area contributed by atoms with Gasteiger partial charge in [0.25, 0.3) is 0 Å². The number of halogens is 1. The number of likely N-dealkylation sites (tertiary alicyclic amines) is 1. The van der Waals surface area contributed by atoms with Gasteiger partial charge in [-0.25, -0.2) is 14.0 Å². The lowest BCUT2D eigenvalue weighted by molar-refractivity contribution is -0.120. The quantitative estimate of drug-likeness (QED) is 0.302. The Morgan fingerprint density at radius 3 is 2.27 bits per heavy atom. The molecule has 240 valence electrons. The van der Waals surface area contributed by atoms with Crippen molar-refractivity contribution in [3.63, 3.8) is 0 Å². The first-order valence-corrected chi connectivity index (χ1v) is 15.4.